The molecule has 4 heteroatoms. The highest BCUT2D eigenvalue weighted by molar-refractivity contribution is 5.88. The third-order valence-electron chi connectivity index (χ3n) is 3.12. The summed E-state index contributed by atoms with van der Waals surface area (Å²) in [6, 6.07) is 13.8. The zero-order chi connectivity index (χ0) is 16.5. The van der Waals surface area contributed by atoms with E-state index in [0.29, 0.717) is 6.61 Å². The smallest absolute Gasteiger partial charge is 0.335 e. The summed E-state index contributed by atoms with van der Waals surface area (Å²) in [4.78, 5) is 11.7. The Kier molecular flexibility index (Phi) is 6.39. The van der Waals surface area contributed by atoms with Crippen LogP contribution in [0.3, 0.4) is 0 Å². The molecule has 0 aliphatic carbocycles. The van der Waals surface area contributed by atoms with Crippen LogP contribution in [-0.4, -0.2) is 32.4 Å². The molecule has 0 spiro atoms. The van der Waals surface area contributed by atoms with Gasteiger partial charge < -0.3 is 14.2 Å². The van der Waals surface area contributed by atoms with E-state index < -0.39 is 5.97 Å². The summed E-state index contributed by atoms with van der Waals surface area (Å²) < 4.78 is 15.9. The maximum Gasteiger partial charge on any atom is 0.335 e. The molecule has 0 aliphatic heterocycles. The summed E-state index contributed by atoms with van der Waals surface area (Å²) in [6.07, 6.45) is 1.61. The summed E-state index contributed by atoms with van der Waals surface area (Å²) in [5, 5.41) is 2.14. The van der Waals surface area contributed by atoms with Gasteiger partial charge in [-0.2, -0.15) is 0 Å². The van der Waals surface area contributed by atoms with Crippen molar-refractivity contribution in [1.82, 2.24) is 0 Å². The summed E-state index contributed by atoms with van der Waals surface area (Å²) in [7, 11) is 0. The minimum absolute atomic E-state index is 0.134. The van der Waals surface area contributed by atoms with Crippen LogP contribution in [0.5, 0.6) is 5.75 Å². The van der Waals surface area contributed by atoms with Gasteiger partial charge in [0, 0.05) is 5.39 Å². The average molecular weight is 312 g/mol. The van der Waals surface area contributed by atoms with Gasteiger partial charge in [-0.3, -0.25) is 0 Å². The Hall–Kier alpha value is -2.59. The Morgan fingerprint density at radius 3 is 2.70 bits per heavy atom. The summed E-state index contributed by atoms with van der Waals surface area (Å²) >= 11 is 0. The number of fused-ring (bicyclic) bond motifs is 1. The van der Waals surface area contributed by atoms with Crippen LogP contribution in [0.4, 0.5) is 0 Å². The maximum absolute atomic E-state index is 11.7. The van der Waals surface area contributed by atoms with E-state index in [4.69, 9.17) is 14.2 Å². The van der Waals surface area contributed by atoms with Crippen LogP contribution in [0.1, 0.15) is 0 Å². The van der Waals surface area contributed by atoms with Crippen molar-refractivity contribution in [2.45, 2.75) is 0 Å². The SMILES string of the molecule is C=CCOCC(=C)C(=O)OCCOc1cccc2ccccc12. The molecule has 0 saturated carbocycles. The molecule has 120 valence electrons. The van der Waals surface area contributed by atoms with Gasteiger partial charge in [0.2, 0.25) is 0 Å². The Labute approximate surface area is 136 Å². The molecule has 2 rings (SSSR count). The third-order valence-corrected chi connectivity index (χ3v) is 3.12. The summed E-state index contributed by atoms with van der Waals surface area (Å²) in [5.74, 6) is 0.294. The molecule has 0 unspecified atom stereocenters. The largest absolute Gasteiger partial charge is 0.489 e. The van der Waals surface area contributed by atoms with Gasteiger partial charge in [-0.1, -0.05) is 49.1 Å². The molecule has 23 heavy (non-hydrogen) atoms. The predicted molar refractivity (Wildman–Crippen MR) is 90.6 cm³/mol. The number of hydrogen-bond acceptors (Lipinski definition) is 4. The van der Waals surface area contributed by atoms with Gasteiger partial charge in [-0.15, -0.1) is 6.58 Å². The molecule has 0 atom stereocenters. The van der Waals surface area contributed by atoms with Crippen molar-refractivity contribution in [3.63, 3.8) is 0 Å². The quantitative estimate of drug-likeness (QED) is 0.307. The number of hydrogen-bond donors (Lipinski definition) is 0. The van der Waals surface area contributed by atoms with E-state index in [0.717, 1.165) is 16.5 Å². The Balaban J connectivity index is 1.77. The van der Waals surface area contributed by atoms with Crippen molar-refractivity contribution < 1.29 is 19.0 Å². The molecule has 0 heterocycles. The monoisotopic (exact) mass is 312 g/mol. The lowest BCUT2D eigenvalue weighted by Gasteiger charge is -2.10. The number of ether oxygens (including phenoxy) is 3. The standard InChI is InChI=1S/C19H20O4/c1-3-11-21-14-15(2)19(20)23-13-12-22-18-10-6-8-16-7-4-5-9-17(16)18/h3-10H,1-2,11-14H2. The molecular weight excluding hydrogens is 292 g/mol. The first kappa shape index (κ1) is 16.8. The second kappa shape index (κ2) is 8.76. The normalized spacial score (nSPS) is 10.3. The molecule has 0 amide bonds. The zero-order valence-corrected chi connectivity index (χ0v) is 13.0. The van der Waals surface area contributed by atoms with E-state index in [2.05, 4.69) is 13.2 Å². The molecule has 0 fully saturated rings. The van der Waals surface area contributed by atoms with Crippen LogP contribution < -0.4 is 4.74 Å². The number of rotatable bonds is 9. The third kappa shape index (κ3) is 4.97. The molecule has 2 aromatic carbocycles. The summed E-state index contributed by atoms with van der Waals surface area (Å²) in [6.45, 7) is 8.09. The highest BCUT2D eigenvalue weighted by Crippen LogP contribution is 2.24. The number of carbonyl (C=O) groups excluding carboxylic acids is 1. The van der Waals surface area contributed by atoms with E-state index in [1.165, 1.54) is 0 Å². The van der Waals surface area contributed by atoms with Crippen LogP contribution in [-0.2, 0) is 14.3 Å². The van der Waals surface area contributed by atoms with Gasteiger partial charge in [0.05, 0.1) is 18.8 Å². The Morgan fingerprint density at radius 1 is 1.09 bits per heavy atom. The van der Waals surface area contributed by atoms with Crippen LogP contribution in [0.25, 0.3) is 10.8 Å². The van der Waals surface area contributed by atoms with Crippen LogP contribution in [0.15, 0.2) is 67.3 Å². The molecule has 0 bridgehead atoms. The van der Waals surface area contributed by atoms with Gasteiger partial charge in [0.1, 0.15) is 19.0 Å². The molecule has 0 N–H and O–H groups in total. The van der Waals surface area contributed by atoms with Crippen molar-refractivity contribution >= 4 is 16.7 Å². The fourth-order valence-electron chi connectivity index (χ4n) is 2.03. The van der Waals surface area contributed by atoms with Crippen LogP contribution in [0, 0.1) is 0 Å². The van der Waals surface area contributed by atoms with Crippen molar-refractivity contribution in [2.75, 3.05) is 26.4 Å². The molecule has 2 aromatic rings. The second-order valence-corrected chi connectivity index (χ2v) is 4.87. The van der Waals surface area contributed by atoms with Crippen molar-refractivity contribution in [3.05, 3.63) is 67.3 Å². The maximum atomic E-state index is 11.7. The fourth-order valence-corrected chi connectivity index (χ4v) is 2.03. The van der Waals surface area contributed by atoms with Gasteiger partial charge in [-0.25, -0.2) is 4.79 Å². The number of benzene rings is 2. The average Bonchev–Trinajstić information content (AvgIpc) is 2.58. The number of carbonyl (C=O) groups is 1. The van der Waals surface area contributed by atoms with E-state index in [-0.39, 0.29) is 25.4 Å². The highest BCUT2D eigenvalue weighted by Gasteiger charge is 2.08. The molecule has 0 saturated heterocycles. The lowest BCUT2D eigenvalue weighted by Crippen LogP contribution is -2.16. The van der Waals surface area contributed by atoms with E-state index in [1.807, 2.05) is 42.5 Å². The van der Waals surface area contributed by atoms with Gasteiger partial charge >= 0.3 is 5.97 Å². The number of esters is 1. The molecule has 4 nitrogen and oxygen atoms in total. The highest BCUT2D eigenvalue weighted by atomic mass is 16.6. The minimum atomic E-state index is -0.476. The van der Waals surface area contributed by atoms with Crippen LogP contribution >= 0.6 is 0 Å². The van der Waals surface area contributed by atoms with E-state index in [9.17, 15) is 4.79 Å². The van der Waals surface area contributed by atoms with Crippen LogP contribution in [0.2, 0.25) is 0 Å². The molecular formula is C19H20O4. The predicted octanol–water partition coefficient (Wildman–Crippen LogP) is 3.52. The first-order valence-corrected chi connectivity index (χ1v) is 7.36. The Morgan fingerprint density at radius 2 is 1.87 bits per heavy atom. The topological polar surface area (TPSA) is 44.8 Å². The lowest BCUT2D eigenvalue weighted by atomic mass is 10.1. The van der Waals surface area contributed by atoms with Gasteiger partial charge in [0.25, 0.3) is 0 Å². The molecule has 0 radical (unpaired) electrons. The zero-order valence-electron chi connectivity index (χ0n) is 13.0. The van der Waals surface area contributed by atoms with Crippen molar-refractivity contribution in [3.8, 4) is 5.75 Å². The van der Waals surface area contributed by atoms with Crippen molar-refractivity contribution in [2.24, 2.45) is 0 Å². The second-order valence-electron chi connectivity index (χ2n) is 4.87. The lowest BCUT2D eigenvalue weighted by molar-refractivity contribution is -0.140. The fraction of sp³-hybridized carbons (Fsp3) is 0.211. The summed E-state index contributed by atoms with van der Waals surface area (Å²) in [5.41, 5.74) is 0.275. The van der Waals surface area contributed by atoms with E-state index >= 15 is 0 Å². The molecule has 0 aromatic heterocycles. The minimum Gasteiger partial charge on any atom is -0.489 e. The van der Waals surface area contributed by atoms with Crippen molar-refractivity contribution in [1.29, 1.82) is 0 Å². The first-order valence-electron chi connectivity index (χ1n) is 7.36. The van der Waals surface area contributed by atoms with E-state index in [1.54, 1.807) is 6.08 Å². The van der Waals surface area contributed by atoms with Gasteiger partial charge in [0.15, 0.2) is 0 Å². The Bertz CT molecular complexity index is 685. The first-order chi connectivity index (χ1) is 11.2. The van der Waals surface area contributed by atoms with Gasteiger partial charge in [-0.05, 0) is 11.5 Å². The molecule has 0 aliphatic rings.